The molecule has 0 unspecified atom stereocenters. The summed E-state index contributed by atoms with van der Waals surface area (Å²) in [5.74, 6) is 0.588. The van der Waals surface area contributed by atoms with Crippen molar-refractivity contribution in [1.82, 2.24) is 15.0 Å². The molecule has 1 aliphatic heterocycles. The van der Waals surface area contributed by atoms with Gasteiger partial charge in [-0.25, -0.2) is 14.8 Å². The minimum atomic E-state index is -0.803. The molecule has 3 rings (SSSR count). The Kier molecular flexibility index (Phi) is 4.00. The average molecular weight is 334 g/mol. The lowest BCUT2D eigenvalue weighted by atomic mass is 9.83. The molecule has 2 heterocycles. The molecule has 128 valence electrons. The summed E-state index contributed by atoms with van der Waals surface area (Å²) in [5, 5.41) is 4.16. The molecule has 24 heavy (non-hydrogen) atoms. The molecular weight excluding hydrogens is 315 g/mol. The van der Waals surface area contributed by atoms with E-state index in [9.17, 15) is 9.18 Å². The van der Waals surface area contributed by atoms with Crippen molar-refractivity contribution >= 4 is 22.7 Å². The van der Waals surface area contributed by atoms with Crippen LogP contribution in [-0.2, 0) is 22.9 Å². The van der Waals surface area contributed by atoms with E-state index in [4.69, 9.17) is 9.47 Å². The predicted octanol–water partition coefficient (Wildman–Crippen LogP) is 1.98. The fourth-order valence-corrected chi connectivity index (χ4v) is 2.87. The molecule has 7 nitrogen and oxygen atoms in total. The minimum absolute atomic E-state index is 0.141. The van der Waals surface area contributed by atoms with E-state index in [-0.39, 0.29) is 18.5 Å². The van der Waals surface area contributed by atoms with Crippen molar-refractivity contribution in [2.45, 2.75) is 27.3 Å². The molecule has 0 fully saturated rings. The van der Waals surface area contributed by atoms with E-state index in [2.05, 4.69) is 15.5 Å². The monoisotopic (exact) mass is 334 g/mol. The molecule has 1 aromatic carbocycles. The number of rotatable bonds is 5. The normalized spacial score (nSPS) is 16.4. The first kappa shape index (κ1) is 16.4. The van der Waals surface area contributed by atoms with Crippen LogP contribution in [0.5, 0.6) is 5.75 Å². The van der Waals surface area contributed by atoms with E-state index in [0.717, 1.165) is 0 Å². The zero-order valence-corrected chi connectivity index (χ0v) is 14.0. The summed E-state index contributed by atoms with van der Waals surface area (Å²) in [7, 11) is 3.06. The molecule has 1 aromatic heterocycles. The van der Waals surface area contributed by atoms with Crippen molar-refractivity contribution in [2.24, 2.45) is 10.5 Å². The number of imidazole rings is 1. The van der Waals surface area contributed by atoms with Gasteiger partial charge in [0.15, 0.2) is 0 Å². The van der Waals surface area contributed by atoms with Crippen molar-refractivity contribution in [3.63, 3.8) is 0 Å². The molecule has 0 saturated heterocycles. The van der Waals surface area contributed by atoms with E-state index < -0.39 is 12.1 Å². The van der Waals surface area contributed by atoms with E-state index in [0.29, 0.717) is 28.1 Å². The summed E-state index contributed by atoms with van der Waals surface area (Å²) in [5.41, 5.74) is 4.06. The molecule has 1 aliphatic rings. The van der Waals surface area contributed by atoms with Gasteiger partial charge in [-0.2, -0.15) is 5.10 Å². The Labute approximate surface area is 138 Å². The summed E-state index contributed by atoms with van der Waals surface area (Å²) in [4.78, 5) is 16.4. The summed E-state index contributed by atoms with van der Waals surface area (Å²) in [6.45, 7) is 2.97. The molecule has 1 N–H and O–H groups in total. The Bertz CT molecular complexity index is 841. The number of carbonyl (C=O) groups excluding carboxylic acids is 1. The van der Waals surface area contributed by atoms with Gasteiger partial charge in [0.25, 0.3) is 5.91 Å². The number of nitrogens with one attached hydrogen (secondary N) is 1. The zero-order chi connectivity index (χ0) is 17.5. The number of amides is 1. The van der Waals surface area contributed by atoms with Crippen molar-refractivity contribution in [3.8, 4) is 5.75 Å². The maximum atomic E-state index is 13.4. The Balaban J connectivity index is 2.30. The third kappa shape index (κ3) is 2.25. The number of nitrogens with zero attached hydrogens (tertiary/aromatic N) is 3. The van der Waals surface area contributed by atoms with E-state index in [1.165, 1.54) is 14.2 Å². The number of alkyl halides is 1. The summed E-state index contributed by atoms with van der Waals surface area (Å²) in [6.07, 6.45) is 0. The standard InChI is InChI=1S/C16H19FN4O3/c1-16(2)14(19-20-15(16)22)9-5-6-10(24-4)13-12(9)18-11(7-17)21(13)8-23-3/h5-6H,7-8H2,1-4H3,(H,20,22). The van der Waals surface area contributed by atoms with Gasteiger partial charge in [0.2, 0.25) is 0 Å². The summed E-state index contributed by atoms with van der Waals surface area (Å²) >= 11 is 0. The number of halogens is 1. The Morgan fingerprint density at radius 2 is 2.08 bits per heavy atom. The first-order chi connectivity index (χ1) is 11.5. The van der Waals surface area contributed by atoms with Gasteiger partial charge < -0.3 is 9.47 Å². The number of fused-ring (bicyclic) bond motifs is 1. The van der Waals surface area contributed by atoms with Crippen LogP contribution >= 0.6 is 0 Å². The predicted molar refractivity (Wildman–Crippen MR) is 86.6 cm³/mol. The SMILES string of the molecule is COCn1c(CF)nc2c(C3=NNC(=O)C3(C)C)ccc(OC)c21. The van der Waals surface area contributed by atoms with Crippen LogP contribution in [-0.4, -0.2) is 35.4 Å². The Morgan fingerprint density at radius 1 is 1.33 bits per heavy atom. The van der Waals surface area contributed by atoms with Gasteiger partial charge >= 0.3 is 0 Å². The number of hydrogen-bond donors (Lipinski definition) is 1. The van der Waals surface area contributed by atoms with Gasteiger partial charge in [-0.1, -0.05) is 0 Å². The number of hydrazone groups is 1. The van der Waals surface area contributed by atoms with Crippen LogP contribution in [0.4, 0.5) is 4.39 Å². The highest BCUT2D eigenvalue weighted by atomic mass is 19.1. The largest absolute Gasteiger partial charge is 0.494 e. The number of carbonyl (C=O) groups is 1. The lowest BCUT2D eigenvalue weighted by Gasteiger charge is -2.17. The van der Waals surface area contributed by atoms with Gasteiger partial charge in [0.1, 0.15) is 36.0 Å². The second-order valence-electron chi connectivity index (χ2n) is 6.05. The van der Waals surface area contributed by atoms with E-state index >= 15 is 0 Å². The summed E-state index contributed by atoms with van der Waals surface area (Å²) < 4.78 is 25.6. The van der Waals surface area contributed by atoms with Crippen LogP contribution in [0.3, 0.4) is 0 Å². The van der Waals surface area contributed by atoms with Crippen molar-refractivity contribution < 1.29 is 18.7 Å². The van der Waals surface area contributed by atoms with Crippen LogP contribution in [0.1, 0.15) is 25.2 Å². The average Bonchev–Trinajstić information content (AvgIpc) is 3.06. The van der Waals surface area contributed by atoms with Gasteiger partial charge in [0.05, 0.1) is 18.2 Å². The second-order valence-corrected chi connectivity index (χ2v) is 6.05. The Hall–Kier alpha value is -2.48. The number of methoxy groups -OCH3 is 2. The van der Waals surface area contributed by atoms with Crippen LogP contribution in [0, 0.1) is 5.41 Å². The molecular formula is C16H19FN4O3. The summed E-state index contributed by atoms with van der Waals surface area (Å²) in [6, 6.07) is 3.54. The van der Waals surface area contributed by atoms with Gasteiger partial charge in [0, 0.05) is 12.7 Å². The maximum Gasteiger partial charge on any atom is 0.251 e. The van der Waals surface area contributed by atoms with Crippen LogP contribution in [0.2, 0.25) is 0 Å². The Morgan fingerprint density at radius 3 is 2.62 bits per heavy atom. The number of aromatic nitrogens is 2. The topological polar surface area (TPSA) is 77.7 Å². The molecule has 0 saturated carbocycles. The van der Waals surface area contributed by atoms with Gasteiger partial charge in [-0.05, 0) is 26.0 Å². The highest BCUT2D eigenvalue weighted by Gasteiger charge is 2.40. The van der Waals surface area contributed by atoms with Crippen molar-refractivity contribution in [2.75, 3.05) is 14.2 Å². The molecule has 0 spiro atoms. The molecule has 0 atom stereocenters. The van der Waals surface area contributed by atoms with E-state index in [1.54, 1.807) is 30.5 Å². The first-order valence-corrected chi connectivity index (χ1v) is 7.45. The molecule has 2 aromatic rings. The van der Waals surface area contributed by atoms with Gasteiger partial charge in [-0.3, -0.25) is 9.36 Å². The number of hydrogen-bond acceptors (Lipinski definition) is 5. The zero-order valence-electron chi connectivity index (χ0n) is 14.0. The quantitative estimate of drug-likeness (QED) is 0.907. The molecule has 1 amide bonds. The van der Waals surface area contributed by atoms with E-state index in [1.807, 2.05) is 0 Å². The molecule has 0 aliphatic carbocycles. The lowest BCUT2D eigenvalue weighted by molar-refractivity contribution is -0.125. The maximum absolute atomic E-state index is 13.4. The number of benzene rings is 1. The van der Waals surface area contributed by atoms with Gasteiger partial charge in [-0.15, -0.1) is 0 Å². The molecule has 0 radical (unpaired) electrons. The first-order valence-electron chi connectivity index (χ1n) is 7.45. The minimum Gasteiger partial charge on any atom is -0.494 e. The number of ether oxygens (including phenoxy) is 2. The van der Waals surface area contributed by atoms with Crippen molar-refractivity contribution in [1.29, 1.82) is 0 Å². The highest BCUT2D eigenvalue weighted by Crippen LogP contribution is 2.35. The second kappa shape index (κ2) is 5.86. The third-order valence-corrected chi connectivity index (χ3v) is 4.22. The third-order valence-electron chi connectivity index (χ3n) is 4.22. The smallest absolute Gasteiger partial charge is 0.251 e. The fraction of sp³-hybridized carbons (Fsp3) is 0.438. The fourth-order valence-electron chi connectivity index (χ4n) is 2.87. The van der Waals surface area contributed by atoms with Crippen LogP contribution < -0.4 is 10.2 Å². The van der Waals surface area contributed by atoms with Crippen LogP contribution in [0.25, 0.3) is 11.0 Å². The molecule has 8 heteroatoms. The molecule has 0 bridgehead atoms. The van der Waals surface area contributed by atoms with Crippen molar-refractivity contribution in [3.05, 3.63) is 23.5 Å². The van der Waals surface area contributed by atoms with Crippen LogP contribution in [0.15, 0.2) is 17.2 Å². The lowest BCUT2D eigenvalue weighted by Crippen LogP contribution is -2.32. The highest BCUT2D eigenvalue weighted by molar-refractivity contribution is 6.23.